The molecule has 4 rings (SSSR count). The highest BCUT2D eigenvalue weighted by molar-refractivity contribution is 6.42. The molecule has 8 heteroatoms. The minimum Gasteiger partial charge on any atom is -0.444 e. The maximum atomic E-state index is 13.2. The number of carbonyl (C=O) groups excluding carboxylic acids is 2. The third-order valence-corrected chi connectivity index (χ3v) is 8.84. The van der Waals surface area contributed by atoms with Crippen molar-refractivity contribution in [1.29, 1.82) is 0 Å². The summed E-state index contributed by atoms with van der Waals surface area (Å²) < 4.78 is 5.73. The van der Waals surface area contributed by atoms with Gasteiger partial charge in [-0.25, -0.2) is 4.79 Å². The van der Waals surface area contributed by atoms with E-state index in [0.29, 0.717) is 48.9 Å². The molecule has 3 atom stereocenters. The lowest BCUT2D eigenvalue weighted by molar-refractivity contribution is -0.127. The molecule has 2 aromatic rings. The summed E-state index contributed by atoms with van der Waals surface area (Å²) in [6, 6.07) is 15.5. The first-order valence-corrected chi connectivity index (χ1v) is 13.7. The van der Waals surface area contributed by atoms with Crippen LogP contribution < -0.4 is 5.73 Å². The molecule has 3 unspecified atom stereocenters. The predicted molar refractivity (Wildman–Crippen MR) is 148 cm³/mol. The van der Waals surface area contributed by atoms with Crippen LogP contribution in [0.4, 0.5) is 4.79 Å². The summed E-state index contributed by atoms with van der Waals surface area (Å²) in [5, 5.41) is 0.951. The molecule has 0 aromatic heterocycles. The van der Waals surface area contributed by atoms with E-state index in [0.717, 1.165) is 17.7 Å². The van der Waals surface area contributed by atoms with Crippen LogP contribution in [0.25, 0.3) is 0 Å². The van der Waals surface area contributed by atoms with Gasteiger partial charge in [-0.2, -0.15) is 0 Å². The van der Waals surface area contributed by atoms with E-state index in [-0.39, 0.29) is 18.0 Å². The van der Waals surface area contributed by atoms with Crippen molar-refractivity contribution in [3.05, 3.63) is 69.7 Å². The molecule has 6 nitrogen and oxygen atoms in total. The predicted octanol–water partition coefficient (Wildman–Crippen LogP) is 5.78. The highest BCUT2D eigenvalue weighted by Gasteiger charge is 2.55. The molecule has 2 saturated heterocycles. The van der Waals surface area contributed by atoms with Gasteiger partial charge in [0.05, 0.1) is 15.5 Å². The fourth-order valence-electron chi connectivity index (χ4n) is 6.18. The standard InChI is InChI=1S/C29H37Cl2N3O3/c1-5-33-15-13-28(25(32)35,20-9-7-6-8-10-20)18-24(33)29(21-11-12-22(30)23(31)17-21)14-16-34(19-29)26(36)37-27(2,3)4/h6-12,17,24H,5,13-16,18-19H2,1-4H3,(H2,32,35). The van der Waals surface area contributed by atoms with Crippen molar-refractivity contribution in [3.8, 4) is 0 Å². The summed E-state index contributed by atoms with van der Waals surface area (Å²) in [5.74, 6) is -0.314. The van der Waals surface area contributed by atoms with Crippen molar-refractivity contribution in [2.24, 2.45) is 5.73 Å². The normalized spacial score (nSPS) is 26.8. The van der Waals surface area contributed by atoms with Gasteiger partial charge in [0.1, 0.15) is 5.60 Å². The van der Waals surface area contributed by atoms with Crippen molar-refractivity contribution in [3.63, 3.8) is 0 Å². The highest BCUT2D eigenvalue weighted by atomic mass is 35.5. The van der Waals surface area contributed by atoms with Crippen molar-refractivity contribution in [2.75, 3.05) is 26.2 Å². The number of nitrogens with two attached hydrogens (primary N) is 1. The molecular formula is C29H37Cl2N3O3. The number of piperidine rings is 1. The number of nitrogens with zero attached hydrogens (tertiary/aromatic N) is 2. The van der Waals surface area contributed by atoms with Crippen LogP contribution in [0.5, 0.6) is 0 Å². The Morgan fingerprint density at radius 1 is 1.03 bits per heavy atom. The second-order valence-electron chi connectivity index (χ2n) is 11.3. The van der Waals surface area contributed by atoms with E-state index < -0.39 is 16.4 Å². The van der Waals surface area contributed by atoms with Gasteiger partial charge < -0.3 is 15.4 Å². The molecule has 0 aliphatic carbocycles. The fourth-order valence-corrected chi connectivity index (χ4v) is 6.48. The van der Waals surface area contributed by atoms with E-state index in [9.17, 15) is 9.59 Å². The summed E-state index contributed by atoms with van der Waals surface area (Å²) in [4.78, 5) is 30.5. The zero-order valence-corrected chi connectivity index (χ0v) is 23.6. The zero-order valence-electron chi connectivity index (χ0n) is 22.1. The lowest BCUT2D eigenvalue weighted by Gasteiger charge is -2.52. The van der Waals surface area contributed by atoms with Gasteiger partial charge in [-0.1, -0.05) is 66.5 Å². The smallest absolute Gasteiger partial charge is 0.410 e. The second-order valence-corrected chi connectivity index (χ2v) is 12.2. The van der Waals surface area contributed by atoms with E-state index in [1.54, 1.807) is 4.90 Å². The van der Waals surface area contributed by atoms with Crippen LogP contribution in [-0.4, -0.2) is 59.6 Å². The van der Waals surface area contributed by atoms with E-state index in [2.05, 4.69) is 11.8 Å². The number of hydrogen-bond donors (Lipinski definition) is 1. The molecule has 0 saturated carbocycles. The number of rotatable bonds is 5. The molecule has 2 aliphatic heterocycles. The maximum absolute atomic E-state index is 13.2. The minimum atomic E-state index is -0.805. The summed E-state index contributed by atoms with van der Waals surface area (Å²) in [6.45, 7) is 10.3. The number of likely N-dealkylation sites (tertiary alicyclic amines) is 2. The first kappa shape index (κ1) is 27.7. The molecule has 0 radical (unpaired) electrons. The molecule has 200 valence electrons. The van der Waals surface area contributed by atoms with Crippen LogP contribution in [-0.2, 0) is 20.4 Å². The van der Waals surface area contributed by atoms with Crippen LogP contribution in [0.3, 0.4) is 0 Å². The number of hydrogen-bond acceptors (Lipinski definition) is 4. The van der Waals surface area contributed by atoms with E-state index in [4.69, 9.17) is 33.7 Å². The summed E-state index contributed by atoms with van der Waals surface area (Å²) in [5.41, 5.74) is 6.22. The van der Waals surface area contributed by atoms with Gasteiger partial charge in [-0.3, -0.25) is 9.69 Å². The average molecular weight is 547 g/mol. The number of benzene rings is 2. The minimum absolute atomic E-state index is 0.0661. The van der Waals surface area contributed by atoms with Gasteiger partial charge in [0.25, 0.3) is 0 Å². The van der Waals surface area contributed by atoms with Crippen molar-refractivity contribution in [1.82, 2.24) is 9.80 Å². The highest BCUT2D eigenvalue weighted by Crippen LogP contribution is 2.49. The van der Waals surface area contributed by atoms with Crippen molar-refractivity contribution < 1.29 is 14.3 Å². The van der Waals surface area contributed by atoms with Gasteiger partial charge in [0.15, 0.2) is 0 Å². The van der Waals surface area contributed by atoms with Crippen LogP contribution in [0, 0.1) is 0 Å². The Kier molecular flexibility index (Phi) is 7.85. The SMILES string of the molecule is CCN1CCC(C(N)=O)(c2ccccc2)CC1C1(c2ccc(Cl)c(Cl)c2)CCN(C(=O)OC(C)(C)C)C1. The van der Waals surface area contributed by atoms with E-state index >= 15 is 0 Å². The fraction of sp³-hybridized carbons (Fsp3) is 0.517. The number of amides is 2. The number of ether oxygens (including phenoxy) is 1. The first-order valence-electron chi connectivity index (χ1n) is 12.9. The third kappa shape index (κ3) is 5.34. The Morgan fingerprint density at radius 3 is 2.32 bits per heavy atom. The number of primary amides is 1. The molecule has 0 bridgehead atoms. The molecule has 2 heterocycles. The molecule has 2 aromatic carbocycles. The number of likely N-dealkylation sites (N-methyl/N-ethyl adjacent to an activating group) is 1. The lowest BCUT2D eigenvalue weighted by atomic mass is 9.61. The Labute approximate surface area is 230 Å². The quantitative estimate of drug-likeness (QED) is 0.516. The summed E-state index contributed by atoms with van der Waals surface area (Å²) in [7, 11) is 0. The number of carbonyl (C=O) groups is 2. The van der Waals surface area contributed by atoms with Crippen LogP contribution in [0.15, 0.2) is 48.5 Å². The van der Waals surface area contributed by atoms with Crippen molar-refractivity contribution >= 4 is 35.2 Å². The second kappa shape index (κ2) is 10.5. The lowest BCUT2D eigenvalue weighted by Crippen LogP contribution is -2.61. The van der Waals surface area contributed by atoms with Gasteiger partial charge in [-0.15, -0.1) is 0 Å². The first-order chi connectivity index (χ1) is 17.4. The zero-order chi connectivity index (χ0) is 27.0. The van der Waals surface area contributed by atoms with Gasteiger partial charge in [0.2, 0.25) is 5.91 Å². The Bertz CT molecular complexity index is 1150. The summed E-state index contributed by atoms with van der Waals surface area (Å²) in [6.07, 6.45) is 1.55. The van der Waals surface area contributed by atoms with E-state index in [1.807, 2.05) is 69.3 Å². The topological polar surface area (TPSA) is 75.9 Å². The van der Waals surface area contributed by atoms with Gasteiger partial charge in [-0.05, 0) is 76.4 Å². The molecule has 2 fully saturated rings. The number of halogens is 2. The largest absolute Gasteiger partial charge is 0.444 e. The monoisotopic (exact) mass is 545 g/mol. The molecule has 2 amide bonds. The van der Waals surface area contributed by atoms with E-state index in [1.165, 1.54) is 0 Å². The average Bonchev–Trinajstić information content (AvgIpc) is 3.31. The maximum Gasteiger partial charge on any atom is 0.410 e. The molecule has 37 heavy (non-hydrogen) atoms. The molecule has 0 spiro atoms. The Balaban J connectivity index is 1.82. The van der Waals surface area contributed by atoms with Crippen LogP contribution >= 0.6 is 23.2 Å². The van der Waals surface area contributed by atoms with Gasteiger partial charge >= 0.3 is 6.09 Å². The third-order valence-electron chi connectivity index (χ3n) is 8.10. The van der Waals surface area contributed by atoms with Crippen LogP contribution in [0.2, 0.25) is 10.0 Å². The van der Waals surface area contributed by atoms with Crippen molar-refractivity contribution in [2.45, 2.75) is 69.4 Å². The molecular weight excluding hydrogens is 509 g/mol. The Morgan fingerprint density at radius 2 is 1.73 bits per heavy atom. The Hall–Kier alpha value is -2.28. The molecule has 2 aliphatic rings. The molecule has 2 N–H and O–H groups in total. The summed E-state index contributed by atoms with van der Waals surface area (Å²) >= 11 is 12.8. The van der Waals surface area contributed by atoms with Gasteiger partial charge in [0, 0.05) is 24.5 Å². The van der Waals surface area contributed by atoms with Crippen LogP contribution in [0.1, 0.15) is 58.1 Å².